The van der Waals surface area contributed by atoms with Gasteiger partial charge in [-0.2, -0.15) is 8.42 Å². The minimum atomic E-state index is -3.56. The standard InChI is InChI=1S/C19H28O9S.C14H20O4/c1-4-19(2,3)18(22)26-8-7-25-14(20)5-6-15(21)27-16-11-9-12-13(10-11)29(23,24)28-17(12)16;1-4-14(2,3)13(16)18-10-7-5-8-9(6-7)12(15)17-11(8)10/h11-13,16-17H,4-10H2,1-3H3;7-11H,4-6H2,1-3H3. The molecule has 10 unspecified atom stereocenters. The normalized spacial score (nSPS) is 35.1. The first-order valence-electron chi connectivity index (χ1n) is 16.8. The second-order valence-corrected chi connectivity index (χ2v) is 16.8. The summed E-state index contributed by atoms with van der Waals surface area (Å²) in [7, 11) is -3.56. The molecule has 4 saturated carbocycles. The zero-order chi connectivity index (χ0) is 34.5. The number of rotatable bonds is 12. The summed E-state index contributed by atoms with van der Waals surface area (Å²) in [4.78, 5) is 59.4. The van der Waals surface area contributed by atoms with Crippen molar-refractivity contribution in [3.63, 3.8) is 0 Å². The predicted octanol–water partition coefficient (Wildman–Crippen LogP) is 3.25. The number of esters is 5. The molecule has 6 rings (SSSR count). The highest BCUT2D eigenvalue weighted by Crippen LogP contribution is 2.56. The molecule has 14 heteroatoms. The molecular weight excluding hydrogens is 636 g/mol. The Kier molecular flexibility index (Phi) is 10.1. The first-order chi connectivity index (χ1) is 22.0. The van der Waals surface area contributed by atoms with E-state index in [2.05, 4.69) is 0 Å². The smallest absolute Gasteiger partial charge is 0.311 e. The molecule has 0 radical (unpaired) electrons. The minimum Gasteiger partial charge on any atom is -0.462 e. The van der Waals surface area contributed by atoms with Crippen LogP contribution in [0.5, 0.6) is 0 Å². The molecule has 0 aromatic carbocycles. The fourth-order valence-corrected chi connectivity index (χ4v) is 9.53. The number of carbonyl (C=O) groups excluding carboxylic acids is 5. The number of carbonyl (C=O) groups is 5. The highest BCUT2D eigenvalue weighted by atomic mass is 32.2. The highest BCUT2D eigenvalue weighted by molar-refractivity contribution is 7.87. The first kappa shape index (κ1) is 35.6. The van der Waals surface area contributed by atoms with Crippen LogP contribution in [0.15, 0.2) is 0 Å². The van der Waals surface area contributed by atoms with Gasteiger partial charge in [-0.1, -0.05) is 13.8 Å². The fraction of sp³-hybridized carbons (Fsp3) is 0.848. The van der Waals surface area contributed by atoms with Crippen LogP contribution in [0.4, 0.5) is 0 Å². The average molecular weight is 685 g/mol. The van der Waals surface area contributed by atoms with Gasteiger partial charge in [0.2, 0.25) is 0 Å². The van der Waals surface area contributed by atoms with Gasteiger partial charge < -0.3 is 23.7 Å². The summed E-state index contributed by atoms with van der Waals surface area (Å²) < 4.78 is 55.5. The Morgan fingerprint density at radius 2 is 1.32 bits per heavy atom. The van der Waals surface area contributed by atoms with Crippen molar-refractivity contribution in [1.29, 1.82) is 0 Å². The molecule has 0 amide bonds. The van der Waals surface area contributed by atoms with E-state index in [9.17, 15) is 32.4 Å². The Morgan fingerprint density at radius 1 is 0.745 bits per heavy atom. The predicted molar refractivity (Wildman–Crippen MR) is 162 cm³/mol. The lowest BCUT2D eigenvalue weighted by atomic mass is 9.87. The maximum absolute atomic E-state index is 12.1. The third-order valence-corrected chi connectivity index (χ3v) is 13.1. The number of hydrogen-bond donors (Lipinski definition) is 0. The van der Waals surface area contributed by atoms with Crippen molar-refractivity contribution in [2.24, 2.45) is 40.4 Å². The number of fused-ring (bicyclic) bond motifs is 2. The van der Waals surface area contributed by atoms with E-state index in [1.165, 1.54) is 0 Å². The zero-order valence-corrected chi connectivity index (χ0v) is 28.9. The van der Waals surface area contributed by atoms with E-state index in [-0.39, 0.29) is 73.9 Å². The second-order valence-electron chi connectivity index (χ2n) is 15.0. The van der Waals surface area contributed by atoms with Crippen LogP contribution in [-0.4, -0.2) is 81.1 Å². The summed E-state index contributed by atoms with van der Waals surface area (Å²) in [6.45, 7) is 11.1. The molecule has 6 aliphatic rings. The molecular formula is C33H48O13S. The van der Waals surface area contributed by atoms with Crippen LogP contribution in [0.3, 0.4) is 0 Å². The second kappa shape index (κ2) is 13.3. The molecule has 2 aliphatic heterocycles. The molecule has 0 aromatic rings. The summed E-state index contributed by atoms with van der Waals surface area (Å²) >= 11 is 0. The lowest BCUT2D eigenvalue weighted by Gasteiger charge is -2.29. The quantitative estimate of drug-likeness (QED) is 0.127. The Bertz CT molecular complexity index is 1370. The molecule has 2 heterocycles. The molecule has 0 N–H and O–H groups in total. The van der Waals surface area contributed by atoms with Crippen molar-refractivity contribution in [3.8, 4) is 0 Å². The van der Waals surface area contributed by atoms with Crippen LogP contribution in [0, 0.1) is 40.4 Å². The summed E-state index contributed by atoms with van der Waals surface area (Å²) in [5.41, 5.74) is -1.04. The lowest BCUT2D eigenvalue weighted by Crippen LogP contribution is -2.39. The van der Waals surface area contributed by atoms with Gasteiger partial charge in [-0.25, -0.2) is 0 Å². The molecule has 0 spiro atoms. The van der Waals surface area contributed by atoms with Crippen LogP contribution in [0.25, 0.3) is 0 Å². The van der Waals surface area contributed by atoms with Crippen molar-refractivity contribution < 1.29 is 60.3 Å². The third kappa shape index (κ3) is 7.04. The molecule has 0 aromatic heterocycles. The van der Waals surface area contributed by atoms with Crippen LogP contribution >= 0.6 is 0 Å². The largest absolute Gasteiger partial charge is 0.462 e. The van der Waals surface area contributed by atoms with Gasteiger partial charge in [0.15, 0.2) is 0 Å². The Labute approximate surface area is 276 Å². The van der Waals surface area contributed by atoms with E-state index in [0.717, 1.165) is 19.3 Å². The van der Waals surface area contributed by atoms with Crippen molar-refractivity contribution >= 4 is 40.0 Å². The van der Waals surface area contributed by atoms with Gasteiger partial charge in [-0.3, -0.25) is 28.2 Å². The van der Waals surface area contributed by atoms with Gasteiger partial charge in [0, 0.05) is 23.7 Å². The van der Waals surface area contributed by atoms with Gasteiger partial charge in [0.25, 0.3) is 10.1 Å². The highest BCUT2D eigenvalue weighted by Gasteiger charge is 2.65. The fourth-order valence-electron chi connectivity index (χ4n) is 7.65. The third-order valence-electron chi connectivity index (χ3n) is 11.3. The maximum atomic E-state index is 12.1. The van der Waals surface area contributed by atoms with Gasteiger partial charge in [0.1, 0.15) is 37.6 Å². The molecule has 264 valence electrons. The van der Waals surface area contributed by atoms with Crippen LogP contribution < -0.4 is 0 Å². The molecule has 13 nitrogen and oxygen atoms in total. The van der Waals surface area contributed by atoms with E-state index >= 15 is 0 Å². The average Bonchev–Trinajstić information content (AvgIpc) is 3.84. The van der Waals surface area contributed by atoms with E-state index in [1.807, 2.05) is 27.7 Å². The molecule has 47 heavy (non-hydrogen) atoms. The molecule has 4 bridgehead atoms. The lowest BCUT2D eigenvalue weighted by molar-refractivity contribution is -0.170. The molecule has 10 atom stereocenters. The van der Waals surface area contributed by atoms with E-state index in [1.54, 1.807) is 13.8 Å². The van der Waals surface area contributed by atoms with Crippen molar-refractivity contribution in [2.75, 3.05) is 13.2 Å². The number of hydrogen-bond acceptors (Lipinski definition) is 13. The summed E-state index contributed by atoms with van der Waals surface area (Å²) in [5.74, 6) is -1.20. The van der Waals surface area contributed by atoms with Crippen LogP contribution in [0.1, 0.15) is 92.9 Å². The van der Waals surface area contributed by atoms with Crippen molar-refractivity contribution in [1.82, 2.24) is 0 Å². The summed E-state index contributed by atoms with van der Waals surface area (Å²) in [5, 5.41) is -0.473. The Balaban J connectivity index is 0.000000205. The topological polar surface area (TPSA) is 175 Å². The number of ether oxygens (including phenoxy) is 5. The molecule has 6 fully saturated rings. The van der Waals surface area contributed by atoms with E-state index < -0.39 is 50.3 Å². The molecule has 2 saturated heterocycles. The summed E-state index contributed by atoms with van der Waals surface area (Å²) in [6.07, 6.45) is 2.47. The molecule has 4 aliphatic carbocycles. The van der Waals surface area contributed by atoms with E-state index in [0.29, 0.717) is 31.1 Å². The van der Waals surface area contributed by atoms with Gasteiger partial charge >= 0.3 is 29.8 Å². The maximum Gasteiger partial charge on any atom is 0.311 e. The zero-order valence-electron chi connectivity index (χ0n) is 28.1. The van der Waals surface area contributed by atoms with Gasteiger partial charge in [-0.05, 0) is 66.2 Å². The van der Waals surface area contributed by atoms with Gasteiger partial charge in [-0.15, -0.1) is 0 Å². The van der Waals surface area contributed by atoms with Crippen LogP contribution in [-0.2, 0) is 62.0 Å². The van der Waals surface area contributed by atoms with Crippen molar-refractivity contribution in [3.05, 3.63) is 0 Å². The van der Waals surface area contributed by atoms with Gasteiger partial charge in [0.05, 0.1) is 34.8 Å². The van der Waals surface area contributed by atoms with Crippen molar-refractivity contribution in [2.45, 2.75) is 123 Å². The SMILES string of the molecule is CCC(C)(C)C(=O)OC1C2CC3C(=O)OC1C3C2.CCC(C)(C)C(=O)OCCOC(=O)CCC(=O)OC1C2CC3C1OS(=O)(=O)C3C2. The van der Waals surface area contributed by atoms with E-state index in [4.69, 9.17) is 27.9 Å². The minimum absolute atomic E-state index is 0.00904. The Hall–Kier alpha value is -2.74. The summed E-state index contributed by atoms with van der Waals surface area (Å²) in [6, 6.07) is 0. The van der Waals surface area contributed by atoms with Crippen LogP contribution in [0.2, 0.25) is 0 Å². The Morgan fingerprint density at radius 3 is 2.00 bits per heavy atom. The monoisotopic (exact) mass is 684 g/mol. The first-order valence-corrected chi connectivity index (χ1v) is 18.3.